The van der Waals surface area contributed by atoms with Crippen molar-refractivity contribution in [3.8, 4) is 0 Å². The van der Waals surface area contributed by atoms with Crippen molar-refractivity contribution >= 4 is 39.5 Å². The van der Waals surface area contributed by atoms with Crippen LogP contribution in [0.15, 0.2) is 35.3 Å². The SMILES string of the molecule is Cc1cc2c(s1)Nc1ccccc1N=C2N1CC[N+](C)(COC(=O)C23CC4CC(CC(C4)C2)C3)CC1. The van der Waals surface area contributed by atoms with E-state index in [1.165, 1.54) is 34.7 Å². The van der Waals surface area contributed by atoms with E-state index in [4.69, 9.17) is 9.73 Å². The number of quaternary nitrogens is 1. The van der Waals surface area contributed by atoms with Crippen molar-refractivity contribution in [3.05, 3.63) is 40.8 Å². The molecule has 4 saturated carbocycles. The molecular weight excluding hydrogens is 468 g/mol. The summed E-state index contributed by atoms with van der Waals surface area (Å²) in [6, 6.07) is 10.5. The van der Waals surface area contributed by atoms with Crippen molar-refractivity contribution in [3.63, 3.8) is 0 Å². The van der Waals surface area contributed by atoms with Gasteiger partial charge in [-0.1, -0.05) is 12.1 Å². The summed E-state index contributed by atoms with van der Waals surface area (Å²) >= 11 is 1.79. The van der Waals surface area contributed by atoms with E-state index in [1.807, 2.05) is 0 Å². The van der Waals surface area contributed by atoms with Crippen LogP contribution in [0.5, 0.6) is 0 Å². The van der Waals surface area contributed by atoms with Crippen LogP contribution in [0.4, 0.5) is 16.4 Å². The fourth-order valence-electron chi connectivity index (χ4n) is 8.00. The lowest BCUT2D eigenvalue weighted by atomic mass is 9.49. The van der Waals surface area contributed by atoms with Gasteiger partial charge in [-0.3, -0.25) is 9.28 Å². The number of aryl methyl sites for hydroxylation is 1. The highest BCUT2D eigenvalue weighted by atomic mass is 32.1. The van der Waals surface area contributed by atoms with Crippen LogP contribution in [0.3, 0.4) is 0 Å². The highest BCUT2D eigenvalue weighted by molar-refractivity contribution is 7.16. The van der Waals surface area contributed by atoms with E-state index >= 15 is 0 Å². The summed E-state index contributed by atoms with van der Waals surface area (Å²) in [4.78, 5) is 22.3. The standard InChI is InChI=1S/C29H37N4O2S/c1-19-11-23-26(30-24-5-3-4-6-25(24)31-27(23)36-19)32-7-9-33(2,10-8-32)18-35-28(34)29-15-20-12-21(16-29)14-22(13-20)17-29/h3-6,11,20-22,31H,7-10,12-18H2,1-2H3/q+1. The maximum absolute atomic E-state index is 13.4. The van der Waals surface area contributed by atoms with Crippen LogP contribution in [-0.4, -0.2) is 61.1 Å². The number of carbonyl (C=O) groups is 1. The number of nitrogens with one attached hydrogen (secondary N) is 1. The first-order valence-corrected chi connectivity index (χ1v) is 14.5. The number of hydrogen-bond donors (Lipinski definition) is 1. The Morgan fingerprint density at radius 3 is 2.50 bits per heavy atom. The number of nitrogens with zero attached hydrogens (tertiary/aromatic N) is 3. The third-order valence-corrected chi connectivity index (χ3v) is 10.5. The highest BCUT2D eigenvalue weighted by Gasteiger charge is 2.55. The maximum Gasteiger partial charge on any atom is 0.316 e. The molecule has 1 aromatic heterocycles. The van der Waals surface area contributed by atoms with Crippen LogP contribution in [0.1, 0.15) is 49.0 Å². The lowest BCUT2D eigenvalue weighted by Gasteiger charge is -2.55. The smallest absolute Gasteiger partial charge is 0.316 e. The zero-order valence-electron chi connectivity index (χ0n) is 21.5. The topological polar surface area (TPSA) is 53.9 Å². The van der Waals surface area contributed by atoms with E-state index in [9.17, 15) is 4.79 Å². The molecule has 190 valence electrons. The maximum atomic E-state index is 13.4. The van der Waals surface area contributed by atoms with Crippen molar-refractivity contribution in [1.29, 1.82) is 0 Å². The number of para-hydroxylation sites is 2. The summed E-state index contributed by atoms with van der Waals surface area (Å²) in [6.07, 6.45) is 7.29. The van der Waals surface area contributed by atoms with Gasteiger partial charge >= 0.3 is 5.97 Å². The van der Waals surface area contributed by atoms with Gasteiger partial charge in [0, 0.05) is 4.88 Å². The molecule has 0 radical (unpaired) electrons. The van der Waals surface area contributed by atoms with Crippen molar-refractivity contribution in [1.82, 2.24) is 4.90 Å². The molecule has 2 aromatic rings. The quantitative estimate of drug-likeness (QED) is 0.431. The number of benzene rings is 1. The second-order valence-corrected chi connectivity index (χ2v) is 13.7. The van der Waals surface area contributed by atoms with Gasteiger partial charge in [-0.05, 0) is 81.4 Å². The van der Waals surface area contributed by atoms with Gasteiger partial charge in [0.05, 0.1) is 55.6 Å². The normalized spacial score (nSPS) is 31.7. The minimum Gasteiger partial charge on any atom is -0.415 e. The molecule has 1 N–H and O–H groups in total. The molecule has 7 heteroatoms. The number of likely N-dealkylation sites (N-methyl/N-ethyl adjacent to an activating group) is 1. The predicted octanol–water partition coefficient (Wildman–Crippen LogP) is 5.67. The number of aliphatic imine (C=N–C) groups is 1. The van der Waals surface area contributed by atoms with Crippen molar-refractivity contribution < 1.29 is 14.0 Å². The second-order valence-electron chi connectivity index (χ2n) is 12.5. The summed E-state index contributed by atoms with van der Waals surface area (Å²) in [5, 5.41) is 4.78. The molecule has 6 nitrogen and oxygen atoms in total. The number of hydrogen-bond acceptors (Lipinski definition) is 6. The van der Waals surface area contributed by atoms with E-state index in [2.05, 4.69) is 54.5 Å². The second kappa shape index (κ2) is 8.32. The number of thiophene rings is 1. The van der Waals surface area contributed by atoms with Crippen LogP contribution < -0.4 is 5.32 Å². The molecule has 6 aliphatic rings. The molecular formula is C29H37N4O2S+. The first kappa shape index (κ1) is 22.8. The monoisotopic (exact) mass is 505 g/mol. The third-order valence-electron chi connectivity index (χ3n) is 9.57. The summed E-state index contributed by atoms with van der Waals surface area (Å²) in [5.41, 5.74) is 3.07. The molecule has 1 saturated heterocycles. The molecule has 36 heavy (non-hydrogen) atoms. The van der Waals surface area contributed by atoms with Gasteiger partial charge in [-0.25, -0.2) is 4.99 Å². The van der Waals surface area contributed by atoms with Crippen LogP contribution >= 0.6 is 11.3 Å². The van der Waals surface area contributed by atoms with E-state index in [0.29, 0.717) is 6.73 Å². The molecule has 4 bridgehead atoms. The van der Waals surface area contributed by atoms with Crippen molar-refractivity contribution in [2.24, 2.45) is 28.2 Å². The molecule has 4 aliphatic carbocycles. The number of carbonyl (C=O) groups excluding carboxylic acids is 1. The first-order chi connectivity index (χ1) is 17.4. The van der Waals surface area contributed by atoms with Gasteiger partial charge in [0.25, 0.3) is 0 Å². The average Bonchev–Trinajstić information content (AvgIpc) is 3.14. The molecule has 0 atom stereocenters. The van der Waals surface area contributed by atoms with Crippen molar-refractivity contribution in [2.75, 3.05) is 45.3 Å². The summed E-state index contributed by atoms with van der Waals surface area (Å²) < 4.78 is 6.94. The number of rotatable bonds is 3. The molecule has 2 aliphatic heterocycles. The minimum atomic E-state index is -0.168. The number of anilines is 2. The fourth-order valence-corrected chi connectivity index (χ4v) is 8.92. The van der Waals surface area contributed by atoms with Gasteiger partial charge < -0.3 is 15.0 Å². The Labute approximate surface area is 217 Å². The highest BCUT2D eigenvalue weighted by Crippen LogP contribution is 2.60. The van der Waals surface area contributed by atoms with E-state index < -0.39 is 0 Å². The van der Waals surface area contributed by atoms with E-state index in [-0.39, 0.29) is 11.4 Å². The minimum absolute atomic E-state index is 0.109. The van der Waals surface area contributed by atoms with Gasteiger partial charge in [-0.15, -0.1) is 11.3 Å². The largest absolute Gasteiger partial charge is 0.415 e. The Morgan fingerprint density at radius 2 is 1.81 bits per heavy atom. The Bertz CT molecular complexity index is 1190. The fraction of sp³-hybridized carbons (Fsp3) is 0.586. The van der Waals surface area contributed by atoms with Gasteiger partial charge in [-0.2, -0.15) is 0 Å². The lowest BCUT2D eigenvalue weighted by Crippen LogP contribution is -2.60. The van der Waals surface area contributed by atoms with E-state index in [1.54, 1.807) is 11.3 Å². The van der Waals surface area contributed by atoms with E-state index in [0.717, 1.165) is 84.9 Å². The summed E-state index contributed by atoms with van der Waals surface area (Å²) in [7, 11) is 2.25. The lowest BCUT2D eigenvalue weighted by molar-refractivity contribution is -0.929. The zero-order chi connectivity index (χ0) is 24.5. The predicted molar refractivity (Wildman–Crippen MR) is 144 cm³/mol. The van der Waals surface area contributed by atoms with Gasteiger partial charge in [0.2, 0.25) is 6.73 Å². The van der Waals surface area contributed by atoms with Crippen LogP contribution in [-0.2, 0) is 9.53 Å². The number of esters is 1. The molecule has 3 heterocycles. The van der Waals surface area contributed by atoms with Crippen LogP contribution in [0.25, 0.3) is 0 Å². The number of fused-ring (bicyclic) bond motifs is 2. The summed E-state index contributed by atoms with van der Waals surface area (Å²) in [5.74, 6) is 3.47. The Kier molecular flexibility index (Phi) is 5.27. The van der Waals surface area contributed by atoms with Gasteiger partial charge in [0.15, 0.2) is 0 Å². The molecule has 5 fully saturated rings. The first-order valence-electron chi connectivity index (χ1n) is 13.7. The molecule has 8 rings (SSSR count). The molecule has 0 amide bonds. The van der Waals surface area contributed by atoms with Crippen LogP contribution in [0, 0.1) is 30.1 Å². The molecule has 0 spiro atoms. The summed E-state index contributed by atoms with van der Waals surface area (Å²) in [6.45, 7) is 6.35. The molecule has 1 aromatic carbocycles. The van der Waals surface area contributed by atoms with Gasteiger partial charge in [0.1, 0.15) is 10.8 Å². The Balaban J connectivity index is 1.04. The van der Waals surface area contributed by atoms with Crippen molar-refractivity contribution in [2.45, 2.75) is 45.4 Å². The number of amidine groups is 1. The molecule has 0 unspecified atom stereocenters. The zero-order valence-corrected chi connectivity index (χ0v) is 22.3. The Morgan fingerprint density at radius 1 is 1.14 bits per heavy atom. The number of piperazine rings is 1. The number of ether oxygens (including phenoxy) is 1. The average molecular weight is 506 g/mol. The third kappa shape index (κ3) is 3.86. The Hall–Kier alpha value is -2.38. The van der Waals surface area contributed by atoms with Crippen LogP contribution in [0.2, 0.25) is 0 Å².